The summed E-state index contributed by atoms with van der Waals surface area (Å²) in [5.41, 5.74) is 3.67. The summed E-state index contributed by atoms with van der Waals surface area (Å²) in [7, 11) is 0. The maximum Gasteiger partial charge on any atom is 0.0605 e. The van der Waals surface area contributed by atoms with Crippen LogP contribution in [0.2, 0.25) is 0 Å². The smallest absolute Gasteiger partial charge is 0.0605 e. The third-order valence-electron chi connectivity index (χ3n) is 3.54. The van der Waals surface area contributed by atoms with E-state index < -0.39 is 0 Å². The monoisotopic (exact) mass is 239 g/mol. The molecule has 2 aromatic rings. The average molecular weight is 239 g/mol. The molecule has 0 saturated heterocycles. The van der Waals surface area contributed by atoms with Gasteiger partial charge in [-0.25, -0.2) is 0 Å². The normalized spacial score (nSPS) is 19.5. The van der Waals surface area contributed by atoms with E-state index in [0.717, 1.165) is 18.5 Å². The van der Waals surface area contributed by atoms with Crippen molar-refractivity contribution in [3.05, 3.63) is 59.7 Å². The molecule has 2 aromatic heterocycles. The van der Waals surface area contributed by atoms with Crippen LogP contribution in [0.25, 0.3) is 0 Å². The maximum atomic E-state index is 4.50. The van der Waals surface area contributed by atoms with Crippen LogP contribution < -0.4 is 5.32 Å². The third kappa shape index (κ3) is 2.14. The molecule has 2 heterocycles. The Labute approximate surface area is 107 Å². The Hall–Kier alpha value is -1.74. The molecule has 0 spiro atoms. The molecule has 0 bridgehead atoms. The van der Waals surface area contributed by atoms with Crippen LogP contribution in [-0.2, 0) is 6.42 Å². The second-order valence-electron chi connectivity index (χ2n) is 4.78. The Morgan fingerprint density at radius 1 is 1.17 bits per heavy atom. The summed E-state index contributed by atoms with van der Waals surface area (Å²) in [5, 5.41) is 3.63. The summed E-state index contributed by atoms with van der Waals surface area (Å²) < 4.78 is 0. The van der Waals surface area contributed by atoms with Crippen molar-refractivity contribution in [3.63, 3.8) is 0 Å². The van der Waals surface area contributed by atoms with E-state index >= 15 is 0 Å². The Balaban J connectivity index is 1.75. The fraction of sp³-hybridized carbons (Fsp3) is 0.333. The number of hydrogen-bond acceptors (Lipinski definition) is 3. The molecule has 0 aromatic carbocycles. The largest absolute Gasteiger partial charge is 0.300 e. The summed E-state index contributed by atoms with van der Waals surface area (Å²) in [6, 6.07) is 10.8. The number of nitrogens with zero attached hydrogens (tertiary/aromatic N) is 2. The van der Waals surface area contributed by atoms with Gasteiger partial charge in [-0.1, -0.05) is 12.1 Å². The van der Waals surface area contributed by atoms with E-state index in [1.807, 2.05) is 30.6 Å². The molecule has 1 N–H and O–H groups in total. The molecule has 18 heavy (non-hydrogen) atoms. The summed E-state index contributed by atoms with van der Waals surface area (Å²) in [6.45, 7) is 2.16. The van der Waals surface area contributed by atoms with Crippen LogP contribution >= 0.6 is 0 Å². The van der Waals surface area contributed by atoms with Gasteiger partial charge >= 0.3 is 0 Å². The van der Waals surface area contributed by atoms with Crippen LogP contribution in [0.15, 0.2) is 42.7 Å². The first-order valence-electron chi connectivity index (χ1n) is 6.45. The third-order valence-corrected chi connectivity index (χ3v) is 3.54. The zero-order valence-electron chi connectivity index (χ0n) is 10.5. The van der Waals surface area contributed by atoms with Crippen LogP contribution in [-0.4, -0.2) is 9.97 Å². The van der Waals surface area contributed by atoms with Crippen LogP contribution in [0, 0.1) is 0 Å². The van der Waals surface area contributed by atoms with E-state index in [9.17, 15) is 0 Å². The lowest BCUT2D eigenvalue weighted by atomic mass is 10.1. The summed E-state index contributed by atoms with van der Waals surface area (Å²) in [4.78, 5) is 8.90. The van der Waals surface area contributed by atoms with Gasteiger partial charge in [0, 0.05) is 18.4 Å². The first-order valence-corrected chi connectivity index (χ1v) is 6.45. The standard InChI is InChI=1S/C15H17N3/c1-11(13-6-2-3-9-16-13)18-14-8-7-12-5-4-10-17-15(12)14/h2-6,9-11,14,18H,7-8H2,1H3. The molecule has 1 aliphatic carbocycles. The lowest BCUT2D eigenvalue weighted by molar-refractivity contribution is 0.452. The number of fused-ring (bicyclic) bond motifs is 1. The number of rotatable bonds is 3. The molecule has 2 unspecified atom stereocenters. The highest BCUT2D eigenvalue weighted by Crippen LogP contribution is 2.30. The number of aromatic nitrogens is 2. The lowest BCUT2D eigenvalue weighted by Gasteiger charge is -2.19. The van der Waals surface area contributed by atoms with Gasteiger partial charge in [-0.05, 0) is 43.5 Å². The Morgan fingerprint density at radius 2 is 2.06 bits per heavy atom. The minimum atomic E-state index is 0.254. The predicted octanol–water partition coefficient (Wildman–Crippen LogP) is 2.81. The number of pyridine rings is 2. The van der Waals surface area contributed by atoms with Crippen LogP contribution in [0.1, 0.15) is 42.4 Å². The van der Waals surface area contributed by atoms with Gasteiger partial charge in [-0.2, -0.15) is 0 Å². The molecule has 0 radical (unpaired) electrons. The van der Waals surface area contributed by atoms with Gasteiger partial charge in [-0.15, -0.1) is 0 Å². The molecular weight excluding hydrogens is 222 g/mol. The number of hydrogen-bond donors (Lipinski definition) is 1. The Morgan fingerprint density at radius 3 is 2.89 bits per heavy atom. The Kier molecular flexibility index (Phi) is 3.07. The van der Waals surface area contributed by atoms with Crippen LogP contribution in [0.4, 0.5) is 0 Å². The van der Waals surface area contributed by atoms with Crippen molar-refractivity contribution in [1.29, 1.82) is 0 Å². The summed E-state index contributed by atoms with van der Waals surface area (Å²) >= 11 is 0. The van der Waals surface area contributed by atoms with Crippen molar-refractivity contribution in [3.8, 4) is 0 Å². The first kappa shape index (κ1) is 11.4. The highest BCUT2D eigenvalue weighted by Gasteiger charge is 2.24. The van der Waals surface area contributed by atoms with E-state index in [-0.39, 0.29) is 6.04 Å². The zero-order chi connectivity index (χ0) is 12.4. The minimum Gasteiger partial charge on any atom is -0.300 e. The predicted molar refractivity (Wildman–Crippen MR) is 71.1 cm³/mol. The molecule has 3 rings (SSSR count). The van der Waals surface area contributed by atoms with E-state index in [0.29, 0.717) is 6.04 Å². The van der Waals surface area contributed by atoms with Crippen molar-refractivity contribution < 1.29 is 0 Å². The molecule has 3 nitrogen and oxygen atoms in total. The fourth-order valence-corrected chi connectivity index (χ4v) is 2.59. The summed E-state index contributed by atoms with van der Waals surface area (Å²) in [5.74, 6) is 0. The number of nitrogens with one attached hydrogen (secondary N) is 1. The highest BCUT2D eigenvalue weighted by atomic mass is 15.0. The van der Waals surface area contributed by atoms with Crippen molar-refractivity contribution in [1.82, 2.24) is 15.3 Å². The summed E-state index contributed by atoms with van der Waals surface area (Å²) in [6.07, 6.45) is 5.97. The topological polar surface area (TPSA) is 37.8 Å². The molecule has 2 atom stereocenters. The second-order valence-corrected chi connectivity index (χ2v) is 4.78. The minimum absolute atomic E-state index is 0.254. The van der Waals surface area contributed by atoms with Gasteiger partial charge in [0.2, 0.25) is 0 Å². The van der Waals surface area contributed by atoms with Crippen LogP contribution in [0.5, 0.6) is 0 Å². The van der Waals surface area contributed by atoms with Crippen molar-refractivity contribution in [2.24, 2.45) is 0 Å². The molecule has 0 amide bonds. The van der Waals surface area contributed by atoms with E-state index in [1.165, 1.54) is 11.3 Å². The molecule has 3 heteroatoms. The first-order chi connectivity index (χ1) is 8.84. The van der Waals surface area contributed by atoms with Gasteiger partial charge in [0.15, 0.2) is 0 Å². The van der Waals surface area contributed by atoms with Crippen LogP contribution in [0.3, 0.4) is 0 Å². The van der Waals surface area contributed by atoms with Crippen molar-refractivity contribution >= 4 is 0 Å². The SMILES string of the molecule is CC(NC1CCc2cccnc21)c1ccccn1. The van der Waals surface area contributed by atoms with E-state index in [2.05, 4.69) is 34.3 Å². The molecule has 0 aliphatic heterocycles. The molecule has 1 aliphatic rings. The van der Waals surface area contributed by atoms with Crippen molar-refractivity contribution in [2.45, 2.75) is 31.8 Å². The number of aryl methyl sites for hydroxylation is 1. The second kappa shape index (κ2) is 4.86. The highest BCUT2D eigenvalue weighted by molar-refractivity contribution is 5.28. The Bertz CT molecular complexity index is 524. The quantitative estimate of drug-likeness (QED) is 0.895. The zero-order valence-corrected chi connectivity index (χ0v) is 10.5. The van der Waals surface area contributed by atoms with E-state index in [4.69, 9.17) is 0 Å². The van der Waals surface area contributed by atoms with Gasteiger partial charge < -0.3 is 5.32 Å². The molecule has 92 valence electrons. The fourth-order valence-electron chi connectivity index (χ4n) is 2.59. The van der Waals surface area contributed by atoms with Gasteiger partial charge in [0.25, 0.3) is 0 Å². The van der Waals surface area contributed by atoms with Gasteiger partial charge in [0.1, 0.15) is 0 Å². The molecule has 0 fully saturated rings. The molecular formula is C15H17N3. The van der Waals surface area contributed by atoms with Gasteiger partial charge in [-0.3, -0.25) is 9.97 Å². The molecule has 0 saturated carbocycles. The van der Waals surface area contributed by atoms with E-state index in [1.54, 1.807) is 0 Å². The lowest BCUT2D eigenvalue weighted by Crippen LogP contribution is -2.24. The van der Waals surface area contributed by atoms with Crippen molar-refractivity contribution in [2.75, 3.05) is 0 Å². The maximum absolute atomic E-state index is 4.50. The van der Waals surface area contributed by atoms with Gasteiger partial charge in [0.05, 0.1) is 17.4 Å². The average Bonchev–Trinajstić information content (AvgIpc) is 2.83.